The van der Waals surface area contributed by atoms with Crippen LogP contribution in [0.15, 0.2) is 60.9 Å². The predicted octanol–water partition coefficient (Wildman–Crippen LogP) is 5.83. The van der Waals surface area contributed by atoms with E-state index in [0.29, 0.717) is 28.7 Å². The molecule has 0 radical (unpaired) electrons. The number of ether oxygens (including phenoxy) is 2. The van der Waals surface area contributed by atoms with Gasteiger partial charge in [-0.3, -0.25) is 4.79 Å². The lowest BCUT2D eigenvalue weighted by Crippen LogP contribution is -2.33. The van der Waals surface area contributed by atoms with Crippen molar-refractivity contribution >= 4 is 22.6 Å². The lowest BCUT2D eigenvalue weighted by molar-refractivity contribution is 0.0728. The first-order chi connectivity index (χ1) is 18.5. The predicted molar refractivity (Wildman–Crippen MR) is 144 cm³/mol. The van der Waals surface area contributed by atoms with Crippen molar-refractivity contribution in [2.75, 3.05) is 19.5 Å². The minimum absolute atomic E-state index is 0.0903. The van der Waals surface area contributed by atoms with Crippen molar-refractivity contribution in [2.24, 2.45) is 0 Å². The zero-order valence-electron chi connectivity index (χ0n) is 21.4. The maximum absolute atomic E-state index is 15.1. The molecule has 2 saturated carbocycles. The van der Waals surface area contributed by atoms with Crippen LogP contribution in [-0.4, -0.2) is 47.1 Å². The molecule has 0 aliphatic heterocycles. The molecule has 7 nitrogen and oxygen atoms in total. The SMILES string of the molecule is COc1ccc(C(=O)N(Cc2cc(-c3ccc4ncnc(NC5CC5)c4c3)ccc2F)C2CC2)cc1OC. The smallest absolute Gasteiger partial charge is 0.254 e. The summed E-state index contributed by atoms with van der Waals surface area (Å²) >= 11 is 0. The lowest BCUT2D eigenvalue weighted by atomic mass is 10.0. The van der Waals surface area contributed by atoms with Crippen molar-refractivity contribution in [2.45, 2.75) is 44.3 Å². The number of carbonyl (C=O) groups is 1. The summed E-state index contributed by atoms with van der Waals surface area (Å²) in [6.07, 6.45) is 5.67. The van der Waals surface area contributed by atoms with Gasteiger partial charge in [-0.2, -0.15) is 0 Å². The third kappa shape index (κ3) is 4.86. The van der Waals surface area contributed by atoms with E-state index in [2.05, 4.69) is 15.3 Å². The van der Waals surface area contributed by atoms with Crippen LogP contribution < -0.4 is 14.8 Å². The van der Waals surface area contributed by atoms with E-state index in [9.17, 15) is 4.79 Å². The van der Waals surface area contributed by atoms with E-state index in [1.165, 1.54) is 13.2 Å². The van der Waals surface area contributed by atoms with Crippen LogP contribution >= 0.6 is 0 Å². The topological polar surface area (TPSA) is 76.6 Å². The van der Waals surface area contributed by atoms with E-state index in [1.807, 2.05) is 24.3 Å². The fraction of sp³-hybridized carbons (Fsp3) is 0.300. The second kappa shape index (κ2) is 9.93. The number of halogens is 1. The van der Waals surface area contributed by atoms with Gasteiger partial charge in [-0.25, -0.2) is 14.4 Å². The second-order valence-electron chi connectivity index (χ2n) is 9.91. The molecular weight excluding hydrogens is 483 g/mol. The molecule has 194 valence electrons. The number of methoxy groups -OCH3 is 2. The molecule has 1 heterocycles. The van der Waals surface area contributed by atoms with E-state index < -0.39 is 0 Å². The molecule has 0 unspecified atom stereocenters. The van der Waals surface area contributed by atoms with Gasteiger partial charge in [-0.15, -0.1) is 0 Å². The Bertz CT molecular complexity index is 1520. The monoisotopic (exact) mass is 512 g/mol. The summed E-state index contributed by atoms with van der Waals surface area (Å²) in [5, 5.41) is 4.41. The highest BCUT2D eigenvalue weighted by Crippen LogP contribution is 2.35. The van der Waals surface area contributed by atoms with Gasteiger partial charge in [0.15, 0.2) is 11.5 Å². The van der Waals surface area contributed by atoms with Gasteiger partial charge in [-0.05, 0) is 79.3 Å². The number of hydrogen-bond acceptors (Lipinski definition) is 6. The number of nitrogens with one attached hydrogen (secondary N) is 1. The van der Waals surface area contributed by atoms with Crippen LogP contribution in [0.4, 0.5) is 10.2 Å². The molecule has 0 bridgehead atoms. The van der Waals surface area contributed by atoms with Gasteiger partial charge >= 0.3 is 0 Å². The van der Waals surface area contributed by atoms with Gasteiger partial charge < -0.3 is 19.7 Å². The molecule has 2 fully saturated rings. The Kier molecular flexibility index (Phi) is 6.31. The van der Waals surface area contributed by atoms with Gasteiger partial charge in [0.05, 0.1) is 19.7 Å². The van der Waals surface area contributed by atoms with Gasteiger partial charge in [-0.1, -0.05) is 12.1 Å². The summed E-state index contributed by atoms with van der Waals surface area (Å²) in [4.78, 5) is 24.1. The molecule has 38 heavy (non-hydrogen) atoms. The second-order valence-corrected chi connectivity index (χ2v) is 9.91. The number of rotatable bonds is 9. The first-order valence-corrected chi connectivity index (χ1v) is 12.9. The zero-order chi connectivity index (χ0) is 26.2. The van der Waals surface area contributed by atoms with Crippen molar-refractivity contribution in [3.05, 3.63) is 77.9 Å². The minimum Gasteiger partial charge on any atom is -0.493 e. The molecule has 0 spiro atoms. The summed E-state index contributed by atoms with van der Waals surface area (Å²) in [5.74, 6) is 1.37. The van der Waals surface area contributed by atoms with Crippen molar-refractivity contribution in [3.8, 4) is 22.6 Å². The molecule has 4 aromatic rings. The molecule has 1 N–H and O–H groups in total. The van der Waals surface area contributed by atoms with Crippen molar-refractivity contribution in [3.63, 3.8) is 0 Å². The Labute approximate surface area is 220 Å². The standard InChI is InChI=1S/C30H29FN4O3/c1-37-27-12-5-20(15-28(27)38-2)30(36)35(23-8-9-23)16-21-13-18(3-10-25(21)31)19-4-11-26-24(14-19)29(33-17-32-26)34-22-6-7-22/h3-5,10-15,17,22-23H,6-9,16H2,1-2H3,(H,32,33,34). The average molecular weight is 513 g/mol. The molecule has 8 heteroatoms. The molecule has 6 rings (SSSR count). The van der Waals surface area contributed by atoms with E-state index >= 15 is 4.39 Å². The first-order valence-electron chi connectivity index (χ1n) is 12.9. The fourth-order valence-electron chi connectivity index (χ4n) is 4.72. The summed E-state index contributed by atoms with van der Waals surface area (Å²) in [7, 11) is 3.09. The zero-order valence-corrected chi connectivity index (χ0v) is 21.4. The molecule has 2 aliphatic carbocycles. The van der Waals surface area contributed by atoms with Gasteiger partial charge in [0.2, 0.25) is 0 Å². The van der Waals surface area contributed by atoms with Crippen LogP contribution in [0.5, 0.6) is 11.5 Å². The van der Waals surface area contributed by atoms with E-state index in [4.69, 9.17) is 9.47 Å². The van der Waals surface area contributed by atoms with E-state index in [-0.39, 0.29) is 24.3 Å². The first kappa shape index (κ1) is 24.2. The van der Waals surface area contributed by atoms with Crippen molar-refractivity contribution in [1.29, 1.82) is 0 Å². The van der Waals surface area contributed by atoms with Crippen LogP contribution in [0.2, 0.25) is 0 Å². The fourth-order valence-corrected chi connectivity index (χ4v) is 4.72. The number of amides is 1. The average Bonchev–Trinajstić information content (AvgIpc) is 3.88. The highest BCUT2D eigenvalue weighted by atomic mass is 19.1. The molecule has 1 amide bonds. The van der Waals surface area contributed by atoms with Crippen LogP contribution in [-0.2, 0) is 6.54 Å². The number of aromatic nitrogens is 2. The summed E-state index contributed by atoms with van der Waals surface area (Å²) in [6.45, 7) is 0.183. The maximum atomic E-state index is 15.1. The number of benzene rings is 3. The Morgan fingerprint density at radius 2 is 1.71 bits per heavy atom. The van der Waals surface area contributed by atoms with E-state index in [1.54, 1.807) is 42.6 Å². The number of hydrogen-bond donors (Lipinski definition) is 1. The summed E-state index contributed by atoms with van der Waals surface area (Å²) in [5.41, 5.74) is 3.63. The minimum atomic E-state index is -0.334. The summed E-state index contributed by atoms with van der Waals surface area (Å²) in [6, 6.07) is 16.7. The molecule has 0 atom stereocenters. The largest absolute Gasteiger partial charge is 0.493 e. The van der Waals surface area contributed by atoms with Gasteiger partial charge in [0.1, 0.15) is 18.0 Å². The lowest BCUT2D eigenvalue weighted by Gasteiger charge is -2.24. The molecule has 3 aromatic carbocycles. The van der Waals surface area contributed by atoms with Crippen LogP contribution in [0.25, 0.3) is 22.0 Å². The van der Waals surface area contributed by atoms with Crippen molar-refractivity contribution < 1.29 is 18.7 Å². The Hall–Kier alpha value is -4.20. The third-order valence-corrected chi connectivity index (χ3v) is 7.15. The summed E-state index contributed by atoms with van der Waals surface area (Å²) < 4.78 is 25.8. The Morgan fingerprint density at radius 3 is 2.45 bits per heavy atom. The number of carbonyl (C=O) groups excluding carboxylic acids is 1. The molecule has 1 aromatic heterocycles. The number of anilines is 1. The molecule has 2 aliphatic rings. The highest BCUT2D eigenvalue weighted by molar-refractivity contribution is 5.95. The maximum Gasteiger partial charge on any atom is 0.254 e. The number of nitrogens with zero attached hydrogens (tertiary/aromatic N) is 3. The van der Waals surface area contributed by atoms with E-state index in [0.717, 1.165) is 53.5 Å². The van der Waals surface area contributed by atoms with Crippen molar-refractivity contribution in [1.82, 2.24) is 14.9 Å². The number of fused-ring (bicyclic) bond motifs is 1. The van der Waals surface area contributed by atoms with Crippen LogP contribution in [0.1, 0.15) is 41.6 Å². The van der Waals surface area contributed by atoms with Crippen LogP contribution in [0, 0.1) is 5.82 Å². The quantitative estimate of drug-likeness (QED) is 0.304. The normalized spacial score (nSPS) is 14.8. The van der Waals surface area contributed by atoms with Gasteiger partial charge in [0.25, 0.3) is 5.91 Å². The molecule has 0 saturated heterocycles. The molecular formula is C30H29FN4O3. The van der Waals surface area contributed by atoms with Gasteiger partial charge in [0, 0.05) is 35.1 Å². The Morgan fingerprint density at radius 1 is 0.947 bits per heavy atom. The van der Waals surface area contributed by atoms with Crippen LogP contribution in [0.3, 0.4) is 0 Å². The Balaban J connectivity index is 1.30. The third-order valence-electron chi connectivity index (χ3n) is 7.15. The highest BCUT2D eigenvalue weighted by Gasteiger charge is 2.34.